The molecule has 2 aromatic rings. The molecule has 0 saturated heterocycles. The van der Waals surface area contributed by atoms with Crippen LogP contribution in [0.4, 0.5) is 5.69 Å². The average molecular weight is 328 g/mol. The van der Waals surface area contributed by atoms with Gasteiger partial charge in [-0.15, -0.1) is 0 Å². The highest BCUT2D eigenvalue weighted by Crippen LogP contribution is 2.24. The van der Waals surface area contributed by atoms with E-state index < -0.39 is 12.0 Å². The molecule has 1 aromatic carbocycles. The number of hydrogen-bond acceptors (Lipinski definition) is 3. The lowest BCUT2D eigenvalue weighted by molar-refractivity contribution is -0.124. The lowest BCUT2D eigenvalue weighted by Crippen LogP contribution is -2.20. The molecule has 1 heterocycles. The van der Waals surface area contributed by atoms with E-state index in [4.69, 9.17) is 23.2 Å². The summed E-state index contributed by atoms with van der Waals surface area (Å²) in [5.41, 5.74) is 0.867. The Kier molecular flexibility index (Phi) is 5.22. The van der Waals surface area contributed by atoms with E-state index in [0.29, 0.717) is 21.3 Å². The Bertz CT molecular complexity index is 623. The Morgan fingerprint density at radius 3 is 2.67 bits per heavy atom. The van der Waals surface area contributed by atoms with Crippen molar-refractivity contribution < 1.29 is 9.90 Å². The van der Waals surface area contributed by atoms with Crippen molar-refractivity contribution in [2.75, 3.05) is 5.32 Å². The number of carbonyl (C=O) groups excluding carboxylic acids is 1. The van der Waals surface area contributed by atoms with E-state index in [0.717, 1.165) is 13.0 Å². The minimum Gasteiger partial charge on any atom is -0.378 e. The van der Waals surface area contributed by atoms with Crippen molar-refractivity contribution in [1.82, 2.24) is 9.78 Å². The second-order valence-electron chi connectivity index (χ2n) is 4.59. The number of amides is 1. The summed E-state index contributed by atoms with van der Waals surface area (Å²) in [5, 5.41) is 17.5. The van der Waals surface area contributed by atoms with Gasteiger partial charge in [-0.05, 0) is 30.2 Å². The number of aliphatic hydroxyl groups is 1. The minimum absolute atomic E-state index is 0.339. The van der Waals surface area contributed by atoms with Crippen molar-refractivity contribution in [3.8, 4) is 0 Å². The molecule has 1 unspecified atom stereocenters. The standard InChI is InChI=1S/C14H15Cl2N3O2/c1-2-3-19-8-12(7-17-19)18-14(21)13(20)9-4-10(15)6-11(16)5-9/h4-8,13,20H,2-3H2,1H3,(H,18,21). The summed E-state index contributed by atoms with van der Waals surface area (Å²) < 4.78 is 1.72. The van der Waals surface area contributed by atoms with Gasteiger partial charge in [0.1, 0.15) is 0 Å². The van der Waals surface area contributed by atoms with Gasteiger partial charge in [0.05, 0.1) is 11.9 Å². The summed E-state index contributed by atoms with van der Waals surface area (Å²) in [4.78, 5) is 12.0. The molecule has 21 heavy (non-hydrogen) atoms. The van der Waals surface area contributed by atoms with Gasteiger partial charge in [-0.2, -0.15) is 5.10 Å². The summed E-state index contributed by atoms with van der Waals surface area (Å²) in [6, 6.07) is 4.53. The smallest absolute Gasteiger partial charge is 0.257 e. The molecule has 5 nitrogen and oxygen atoms in total. The van der Waals surface area contributed by atoms with Crippen LogP contribution < -0.4 is 5.32 Å². The van der Waals surface area contributed by atoms with E-state index in [-0.39, 0.29) is 0 Å². The predicted octanol–water partition coefficient (Wildman–Crippen LogP) is 3.27. The fourth-order valence-electron chi connectivity index (χ4n) is 1.87. The maximum atomic E-state index is 12.0. The Hall–Kier alpha value is -1.56. The molecule has 2 rings (SSSR count). The molecule has 0 fully saturated rings. The third-order valence-corrected chi connectivity index (χ3v) is 3.24. The molecule has 0 radical (unpaired) electrons. The van der Waals surface area contributed by atoms with E-state index in [1.807, 2.05) is 6.92 Å². The van der Waals surface area contributed by atoms with E-state index in [9.17, 15) is 9.90 Å². The fourth-order valence-corrected chi connectivity index (χ4v) is 2.42. The molecule has 1 aromatic heterocycles. The molecule has 0 aliphatic heterocycles. The number of benzene rings is 1. The third-order valence-electron chi connectivity index (χ3n) is 2.80. The molecule has 1 amide bonds. The Morgan fingerprint density at radius 2 is 2.05 bits per heavy atom. The normalized spacial score (nSPS) is 12.2. The van der Waals surface area contributed by atoms with Crippen molar-refractivity contribution in [3.63, 3.8) is 0 Å². The van der Waals surface area contributed by atoms with Crippen molar-refractivity contribution >= 4 is 34.8 Å². The first-order valence-corrected chi connectivity index (χ1v) is 7.22. The molecule has 0 spiro atoms. The van der Waals surface area contributed by atoms with Crippen LogP contribution in [-0.2, 0) is 11.3 Å². The van der Waals surface area contributed by atoms with Crippen molar-refractivity contribution in [1.29, 1.82) is 0 Å². The fraction of sp³-hybridized carbons (Fsp3) is 0.286. The summed E-state index contributed by atoms with van der Waals surface area (Å²) in [6.45, 7) is 2.80. The van der Waals surface area contributed by atoms with Crippen LogP contribution in [0.2, 0.25) is 10.0 Å². The van der Waals surface area contributed by atoms with Gasteiger partial charge in [0.15, 0.2) is 6.10 Å². The number of carbonyl (C=O) groups is 1. The maximum Gasteiger partial charge on any atom is 0.257 e. The van der Waals surface area contributed by atoms with Crippen LogP contribution in [0.25, 0.3) is 0 Å². The lowest BCUT2D eigenvalue weighted by atomic mass is 10.1. The molecule has 2 N–H and O–H groups in total. The van der Waals surface area contributed by atoms with Crippen molar-refractivity contribution in [2.24, 2.45) is 0 Å². The number of aromatic nitrogens is 2. The van der Waals surface area contributed by atoms with Crippen LogP contribution >= 0.6 is 23.2 Å². The second-order valence-corrected chi connectivity index (χ2v) is 5.46. The molecule has 0 saturated carbocycles. The summed E-state index contributed by atoms with van der Waals surface area (Å²) in [6.07, 6.45) is 2.83. The SMILES string of the molecule is CCCn1cc(NC(=O)C(O)c2cc(Cl)cc(Cl)c2)cn1. The number of aliphatic hydroxyl groups excluding tert-OH is 1. The molecule has 112 valence electrons. The van der Waals surface area contributed by atoms with Gasteiger partial charge in [-0.3, -0.25) is 9.48 Å². The third kappa shape index (κ3) is 4.20. The second kappa shape index (κ2) is 6.93. The van der Waals surface area contributed by atoms with Crippen molar-refractivity contribution in [3.05, 3.63) is 46.2 Å². The van der Waals surface area contributed by atoms with Crippen LogP contribution in [0, 0.1) is 0 Å². The number of nitrogens with one attached hydrogen (secondary N) is 1. The van der Waals surface area contributed by atoms with E-state index >= 15 is 0 Å². The van der Waals surface area contributed by atoms with Crippen LogP contribution in [0.3, 0.4) is 0 Å². The molecular formula is C14H15Cl2N3O2. The van der Waals surface area contributed by atoms with Gasteiger partial charge in [-0.1, -0.05) is 30.1 Å². The quantitative estimate of drug-likeness (QED) is 0.885. The molecule has 1 atom stereocenters. The zero-order valence-corrected chi connectivity index (χ0v) is 12.9. The first-order chi connectivity index (χ1) is 9.99. The highest BCUT2D eigenvalue weighted by molar-refractivity contribution is 6.34. The van der Waals surface area contributed by atoms with Gasteiger partial charge < -0.3 is 10.4 Å². The molecular weight excluding hydrogens is 313 g/mol. The molecule has 0 bridgehead atoms. The summed E-state index contributed by atoms with van der Waals surface area (Å²) in [7, 11) is 0. The van der Waals surface area contributed by atoms with Crippen LogP contribution in [-0.4, -0.2) is 20.8 Å². The van der Waals surface area contributed by atoms with E-state index in [1.54, 1.807) is 10.9 Å². The number of aryl methyl sites for hydroxylation is 1. The predicted molar refractivity (Wildman–Crippen MR) is 82.6 cm³/mol. The number of nitrogens with zero attached hydrogens (tertiary/aromatic N) is 2. The highest BCUT2D eigenvalue weighted by atomic mass is 35.5. The highest BCUT2D eigenvalue weighted by Gasteiger charge is 2.19. The summed E-state index contributed by atoms with van der Waals surface area (Å²) >= 11 is 11.7. The lowest BCUT2D eigenvalue weighted by Gasteiger charge is -2.11. The molecule has 0 aliphatic carbocycles. The monoisotopic (exact) mass is 327 g/mol. The van der Waals surface area contributed by atoms with Crippen LogP contribution in [0.1, 0.15) is 25.0 Å². The Morgan fingerprint density at radius 1 is 1.38 bits per heavy atom. The van der Waals surface area contributed by atoms with E-state index in [1.165, 1.54) is 24.4 Å². The number of halogens is 2. The zero-order chi connectivity index (χ0) is 15.4. The number of rotatable bonds is 5. The maximum absolute atomic E-state index is 12.0. The minimum atomic E-state index is -1.35. The van der Waals surface area contributed by atoms with Crippen LogP contribution in [0.5, 0.6) is 0 Å². The number of hydrogen-bond donors (Lipinski definition) is 2. The average Bonchev–Trinajstić information content (AvgIpc) is 2.84. The van der Waals surface area contributed by atoms with Gasteiger partial charge >= 0.3 is 0 Å². The van der Waals surface area contributed by atoms with Gasteiger partial charge in [0.25, 0.3) is 5.91 Å². The van der Waals surface area contributed by atoms with Gasteiger partial charge in [0, 0.05) is 22.8 Å². The first kappa shape index (κ1) is 15.8. The van der Waals surface area contributed by atoms with Gasteiger partial charge in [0.2, 0.25) is 0 Å². The van der Waals surface area contributed by atoms with E-state index in [2.05, 4.69) is 10.4 Å². The molecule has 0 aliphatic rings. The van der Waals surface area contributed by atoms with Crippen molar-refractivity contribution in [2.45, 2.75) is 26.0 Å². The molecule has 7 heteroatoms. The van der Waals surface area contributed by atoms with Gasteiger partial charge in [-0.25, -0.2) is 0 Å². The largest absolute Gasteiger partial charge is 0.378 e. The summed E-state index contributed by atoms with van der Waals surface area (Å²) in [5.74, 6) is -0.565. The van der Waals surface area contributed by atoms with Crippen LogP contribution in [0.15, 0.2) is 30.6 Å². The number of anilines is 1. The zero-order valence-electron chi connectivity index (χ0n) is 11.4. The Labute approximate surface area is 132 Å². The topological polar surface area (TPSA) is 67.2 Å². The first-order valence-electron chi connectivity index (χ1n) is 6.47. The Balaban J connectivity index is 2.07.